The van der Waals surface area contributed by atoms with Gasteiger partial charge in [-0.05, 0) is 24.1 Å². The zero-order valence-electron chi connectivity index (χ0n) is 12.3. The molecule has 0 aliphatic rings. The Balaban J connectivity index is 1.71. The predicted molar refractivity (Wildman–Crippen MR) is 83.5 cm³/mol. The average Bonchev–Trinajstić information content (AvgIpc) is 2.92. The van der Waals surface area contributed by atoms with Gasteiger partial charge in [0.2, 0.25) is 0 Å². The number of anilines is 1. The second kappa shape index (κ2) is 5.91. The molecule has 0 unspecified atom stereocenters. The van der Waals surface area contributed by atoms with E-state index in [0.29, 0.717) is 5.92 Å². The number of nitrogens with zero attached hydrogens (tertiary/aromatic N) is 4. The quantitative estimate of drug-likeness (QED) is 0.781. The Morgan fingerprint density at radius 3 is 2.62 bits per heavy atom. The van der Waals surface area contributed by atoms with Crippen LogP contribution in [0.15, 0.2) is 42.5 Å². The number of benzene rings is 1. The van der Waals surface area contributed by atoms with Crippen LogP contribution in [0.1, 0.15) is 31.2 Å². The highest BCUT2D eigenvalue weighted by Gasteiger charge is 2.10. The molecule has 3 aromatic rings. The van der Waals surface area contributed by atoms with E-state index in [1.165, 1.54) is 5.56 Å². The molecule has 0 saturated carbocycles. The first-order chi connectivity index (χ1) is 10.2. The number of hydrogen-bond donors (Lipinski definition) is 1. The van der Waals surface area contributed by atoms with Gasteiger partial charge in [0, 0.05) is 12.5 Å². The molecule has 0 spiro atoms. The van der Waals surface area contributed by atoms with Gasteiger partial charge in [-0.15, -0.1) is 15.3 Å². The van der Waals surface area contributed by atoms with Crippen LogP contribution >= 0.6 is 0 Å². The molecule has 0 fully saturated rings. The highest BCUT2D eigenvalue weighted by molar-refractivity contribution is 5.44. The average molecular weight is 281 g/mol. The van der Waals surface area contributed by atoms with E-state index in [1.54, 1.807) is 0 Å². The highest BCUT2D eigenvalue weighted by Crippen LogP contribution is 2.14. The lowest BCUT2D eigenvalue weighted by molar-refractivity contribution is 0.721. The molecule has 2 aromatic heterocycles. The van der Waals surface area contributed by atoms with E-state index in [2.05, 4.69) is 58.7 Å². The van der Waals surface area contributed by atoms with Gasteiger partial charge in [0.25, 0.3) is 0 Å². The summed E-state index contributed by atoms with van der Waals surface area (Å²) in [6.07, 6.45) is 0.972. The molecular formula is C16H19N5. The molecule has 5 heteroatoms. The second-order valence-corrected chi connectivity index (χ2v) is 5.36. The normalized spacial score (nSPS) is 11.2. The third-order valence-electron chi connectivity index (χ3n) is 3.37. The van der Waals surface area contributed by atoms with E-state index in [-0.39, 0.29) is 0 Å². The lowest BCUT2D eigenvalue weighted by Gasteiger charge is -2.07. The molecule has 3 rings (SSSR count). The second-order valence-electron chi connectivity index (χ2n) is 5.36. The summed E-state index contributed by atoms with van der Waals surface area (Å²) in [5, 5.41) is 16.2. The Morgan fingerprint density at radius 2 is 1.86 bits per heavy atom. The molecule has 0 radical (unpaired) electrons. The molecule has 1 N–H and O–H groups in total. The zero-order chi connectivity index (χ0) is 14.7. The maximum absolute atomic E-state index is 4.57. The maximum atomic E-state index is 4.57. The van der Waals surface area contributed by atoms with Gasteiger partial charge < -0.3 is 5.32 Å². The minimum atomic E-state index is 0.298. The topological polar surface area (TPSA) is 55.1 Å². The summed E-state index contributed by atoms with van der Waals surface area (Å²) < 4.78 is 1.81. The van der Waals surface area contributed by atoms with Gasteiger partial charge >= 0.3 is 0 Å². The molecule has 0 saturated heterocycles. The molecule has 0 aliphatic carbocycles. The minimum Gasteiger partial charge on any atom is -0.368 e. The van der Waals surface area contributed by atoms with Crippen LogP contribution in [-0.4, -0.2) is 26.4 Å². The van der Waals surface area contributed by atoms with Crippen LogP contribution < -0.4 is 5.32 Å². The van der Waals surface area contributed by atoms with Crippen molar-refractivity contribution in [2.24, 2.45) is 0 Å². The van der Waals surface area contributed by atoms with Crippen molar-refractivity contribution in [1.82, 2.24) is 19.8 Å². The van der Waals surface area contributed by atoms with Crippen molar-refractivity contribution >= 4 is 11.5 Å². The third kappa shape index (κ3) is 3.02. The fraction of sp³-hybridized carbons (Fsp3) is 0.312. The summed E-state index contributed by atoms with van der Waals surface area (Å²) in [6, 6.07) is 14.3. The van der Waals surface area contributed by atoms with Crippen molar-refractivity contribution in [2.45, 2.75) is 26.2 Å². The van der Waals surface area contributed by atoms with Crippen LogP contribution in [0.2, 0.25) is 0 Å². The van der Waals surface area contributed by atoms with Crippen molar-refractivity contribution < 1.29 is 0 Å². The van der Waals surface area contributed by atoms with Gasteiger partial charge in [-0.2, -0.15) is 4.52 Å². The van der Waals surface area contributed by atoms with Gasteiger partial charge in [-0.3, -0.25) is 0 Å². The fourth-order valence-corrected chi connectivity index (χ4v) is 2.24. The minimum absolute atomic E-state index is 0.298. The van der Waals surface area contributed by atoms with Crippen LogP contribution in [0.25, 0.3) is 5.65 Å². The molecule has 0 bridgehead atoms. The summed E-state index contributed by atoms with van der Waals surface area (Å²) >= 11 is 0. The van der Waals surface area contributed by atoms with Gasteiger partial charge in [0.05, 0.1) is 0 Å². The standard InChI is InChI=1S/C16H19N5/c1-12(2)16-19-18-15-9-8-14(20-21(15)16)17-11-10-13-6-4-3-5-7-13/h3-9,12H,10-11H2,1-2H3,(H,17,20). The molecule has 0 amide bonds. The van der Waals surface area contributed by atoms with Crippen molar-refractivity contribution in [3.8, 4) is 0 Å². The number of aromatic nitrogens is 4. The Labute approximate surface area is 124 Å². The van der Waals surface area contributed by atoms with Gasteiger partial charge in [-0.25, -0.2) is 0 Å². The molecule has 108 valence electrons. The lowest BCUT2D eigenvalue weighted by atomic mass is 10.1. The van der Waals surface area contributed by atoms with E-state index in [1.807, 2.05) is 22.7 Å². The van der Waals surface area contributed by atoms with Gasteiger partial charge in [0.1, 0.15) is 5.82 Å². The van der Waals surface area contributed by atoms with Crippen LogP contribution in [0, 0.1) is 0 Å². The van der Waals surface area contributed by atoms with E-state index in [0.717, 1.165) is 30.3 Å². The summed E-state index contributed by atoms with van der Waals surface area (Å²) in [4.78, 5) is 0. The van der Waals surface area contributed by atoms with E-state index >= 15 is 0 Å². The molecule has 0 aliphatic heterocycles. The number of fused-ring (bicyclic) bond motifs is 1. The summed E-state index contributed by atoms with van der Waals surface area (Å²) in [5.74, 6) is 2.03. The number of nitrogens with one attached hydrogen (secondary N) is 1. The van der Waals surface area contributed by atoms with Crippen molar-refractivity contribution in [2.75, 3.05) is 11.9 Å². The van der Waals surface area contributed by atoms with Gasteiger partial charge in [-0.1, -0.05) is 44.2 Å². The first kappa shape index (κ1) is 13.5. The Kier molecular flexibility index (Phi) is 3.81. The largest absolute Gasteiger partial charge is 0.368 e. The molecule has 2 heterocycles. The Morgan fingerprint density at radius 1 is 1.05 bits per heavy atom. The zero-order valence-corrected chi connectivity index (χ0v) is 12.3. The molecule has 21 heavy (non-hydrogen) atoms. The third-order valence-corrected chi connectivity index (χ3v) is 3.37. The highest BCUT2D eigenvalue weighted by atomic mass is 15.4. The molecule has 1 aromatic carbocycles. The SMILES string of the molecule is CC(C)c1nnc2ccc(NCCc3ccccc3)nn12. The predicted octanol–water partition coefficient (Wildman–Crippen LogP) is 2.90. The Bertz CT molecular complexity index is 718. The van der Waals surface area contributed by atoms with Gasteiger partial charge in [0.15, 0.2) is 11.5 Å². The van der Waals surface area contributed by atoms with Crippen LogP contribution in [-0.2, 0) is 6.42 Å². The van der Waals surface area contributed by atoms with Crippen molar-refractivity contribution in [3.05, 3.63) is 53.9 Å². The van der Waals surface area contributed by atoms with Crippen LogP contribution in [0.3, 0.4) is 0 Å². The van der Waals surface area contributed by atoms with E-state index < -0.39 is 0 Å². The van der Waals surface area contributed by atoms with E-state index in [9.17, 15) is 0 Å². The first-order valence-corrected chi connectivity index (χ1v) is 7.24. The van der Waals surface area contributed by atoms with Crippen LogP contribution in [0.5, 0.6) is 0 Å². The monoisotopic (exact) mass is 281 g/mol. The molecular weight excluding hydrogens is 262 g/mol. The Hall–Kier alpha value is -2.43. The number of hydrogen-bond acceptors (Lipinski definition) is 4. The molecule has 0 atom stereocenters. The smallest absolute Gasteiger partial charge is 0.178 e. The lowest BCUT2D eigenvalue weighted by Crippen LogP contribution is -2.09. The maximum Gasteiger partial charge on any atom is 0.178 e. The van der Waals surface area contributed by atoms with Crippen molar-refractivity contribution in [1.29, 1.82) is 0 Å². The summed E-state index contributed by atoms with van der Waals surface area (Å²) in [6.45, 7) is 5.03. The molecule has 5 nitrogen and oxygen atoms in total. The summed E-state index contributed by atoms with van der Waals surface area (Å²) in [5.41, 5.74) is 2.10. The van der Waals surface area contributed by atoms with Crippen molar-refractivity contribution in [3.63, 3.8) is 0 Å². The van der Waals surface area contributed by atoms with Crippen LogP contribution in [0.4, 0.5) is 5.82 Å². The first-order valence-electron chi connectivity index (χ1n) is 7.24. The number of rotatable bonds is 5. The summed E-state index contributed by atoms with van der Waals surface area (Å²) in [7, 11) is 0. The van der Waals surface area contributed by atoms with E-state index in [4.69, 9.17) is 0 Å². The fourth-order valence-electron chi connectivity index (χ4n) is 2.24.